The molecule has 0 atom stereocenters. The molecule has 0 spiro atoms. The lowest BCUT2D eigenvalue weighted by molar-refractivity contribution is 0.0552. The summed E-state index contributed by atoms with van der Waals surface area (Å²) in [5.41, 5.74) is 1.32. The number of benzene rings is 1. The number of aromatic nitrogens is 1. The van der Waals surface area contributed by atoms with E-state index in [1.54, 1.807) is 30.5 Å². The van der Waals surface area contributed by atoms with E-state index in [1.807, 2.05) is 12.1 Å². The van der Waals surface area contributed by atoms with Crippen LogP contribution in [0.25, 0.3) is 10.9 Å². The summed E-state index contributed by atoms with van der Waals surface area (Å²) in [7, 11) is 0. The second-order valence-electron chi connectivity index (χ2n) is 3.26. The number of ether oxygens (including phenoxy) is 1. The van der Waals surface area contributed by atoms with Gasteiger partial charge in [-0.15, -0.1) is 0 Å². The molecule has 0 saturated heterocycles. The number of carbonyl (C=O) groups excluding carboxylic acids is 1. The van der Waals surface area contributed by atoms with E-state index in [0.717, 1.165) is 10.9 Å². The van der Waals surface area contributed by atoms with Gasteiger partial charge in [-0.2, -0.15) is 0 Å². The lowest BCUT2D eigenvalue weighted by atomic mass is 10.1. The van der Waals surface area contributed by atoms with Crippen LogP contribution in [0.5, 0.6) is 0 Å². The lowest BCUT2D eigenvalue weighted by Gasteiger charge is -2.04. The van der Waals surface area contributed by atoms with Crippen molar-refractivity contribution in [3.63, 3.8) is 0 Å². The summed E-state index contributed by atoms with van der Waals surface area (Å²) in [5.74, 6) is -0.349. The van der Waals surface area contributed by atoms with Gasteiger partial charge in [-0.25, -0.2) is 4.79 Å². The highest BCUT2D eigenvalue weighted by molar-refractivity contribution is 6.03. The number of nitrogens with zero attached hydrogens (tertiary/aromatic N) is 1. The zero-order valence-corrected chi connectivity index (χ0v) is 8.72. The predicted molar refractivity (Wildman–Crippen MR) is 62.2 cm³/mol. The van der Waals surface area contributed by atoms with Crippen LogP contribution in [-0.4, -0.2) is 17.6 Å². The third-order valence-corrected chi connectivity index (χ3v) is 2.20. The Morgan fingerprint density at radius 3 is 3.06 bits per heavy atom. The smallest absolute Gasteiger partial charge is 0.339 e. The van der Waals surface area contributed by atoms with Crippen LogP contribution in [-0.2, 0) is 4.74 Å². The standard InChI is InChI=1S/C13H11NO2/c1-2-9-16-13(15)11-5-3-7-12-10(11)6-4-8-14-12/h2-8H,1,9H2. The van der Waals surface area contributed by atoms with E-state index < -0.39 is 0 Å². The first-order valence-corrected chi connectivity index (χ1v) is 4.94. The van der Waals surface area contributed by atoms with Gasteiger partial charge in [-0.05, 0) is 18.2 Å². The molecule has 0 amide bonds. The molecular formula is C13H11NO2. The second kappa shape index (κ2) is 4.57. The normalized spacial score (nSPS) is 10.0. The first-order chi connectivity index (χ1) is 7.83. The Hall–Kier alpha value is -2.16. The van der Waals surface area contributed by atoms with Crippen LogP contribution in [0.15, 0.2) is 49.2 Å². The molecule has 0 aliphatic rings. The number of fused-ring (bicyclic) bond motifs is 1. The Bertz CT molecular complexity index is 529. The molecule has 3 heteroatoms. The Balaban J connectivity index is 2.44. The molecule has 2 rings (SSSR count). The first-order valence-electron chi connectivity index (χ1n) is 4.94. The quantitative estimate of drug-likeness (QED) is 0.581. The predicted octanol–water partition coefficient (Wildman–Crippen LogP) is 2.58. The summed E-state index contributed by atoms with van der Waals surface area (Å²) in [6, 6.07) is 9.04. The summed E-state index contributed by atoms with van der Waals surface area (Å²) in [4.78, 5) is 15.9. The van der Waals surface area contributed by atoms with Crippen LogP contribution in [0.3, 0.4) is 0 Å². The van der Waals surface area contributed by atoms with Gasteiger partial charge in [0.25, 0.3) is 0 Å². The van der Waals surface area contributed by atoms with Gasteiger partial charge in [0.05, 0.1) is 11.1 Å². The molecule has 16 heavy (non-hydrogen) atoms. The van der Waals surface area contributed by atoms with E-state index in [-0.39, 0.29) is 12.6 Å². The number of hydrogen-bond donors (Lipinski definition) is 0. The monoisotopic (exact) mass is 213 g/mol. The molecule has 1 aromatic heterocycles. The van der Waals surface area contributed by atoms with Crippen molar-refractivity contribution in [1.29, 1.82) is 0 Å². The van der Waals surface area contributed by atoms with E-state index in [2.05, 4.69) is 11.6 Å². The molecule has 1 heterocycles. The molecule has 0 aliphatic carbocycles. The van der Waals surface area contributed by atoms with E-state index in [9.17, 15) is 4.79 Å². The molecular weight excluding hydrogens is 202 g/mol. The highest BCUT2D eigenvalue weighted by atomic mass is 16.5. The fourth-order valence-electron chi connectivity index (χ4n) is 1.49. The van der Waals surface area contributed by atoms with Gasteiger partial charge in [-0.3, -0.25) is 4.98 Å². The van der Waals surface area contributed by atoms with Crippen molar-refractivity contribution in [2.75, 3.05) is 6.61 Å². The maximum absolute atomic E-state index is 11.7. The SMILES string of the molecule is C=CCOC(=O)c1cccc2ncccc12. The molecule has 1 aromatic carbocycles. The van der Waals surface area contributed by atoms with Crippen LogP contribution in [0.2, 0.25) is 0 Å². The van der Waals surface area contributed by atoms with Crippen molar-refractivity contribution in [1.82, 2.24) is 4.98 Å². The zero-order chi connectivity index (χ0) is 11.4. The summed E-state index contributed by atoms with van der Waals surface area (Å²) < 4.78 is 5.00. The second-order valence-corrected chi connectivity index (χ2v) is 3.26. The Morgan fingerprint density at radius 1 is 1.38 bits per heavy atom. The van der Waals surface area contributed by atoms with E-state index in [0.29, 0.717) is 5.56 Å². The minimum Gasteiger partial charge on any atom is -0.458 e. The molecule has 3 nitrogen and oxygen atoms in total. The van der Waals surface area contributed by atoms with Crippen molar-refractivity contribution in [3.05, 3.63) is 54.7 Å². The molecule has 0 radical (unpaired) electrons. The molecule has 2 aromatic rings. The summed E-state index contributed by atoms with van der Waals surface area (Å²) in [5, 5.41) is 0.805. The van der Waals surface area contributed by atoms with Crippen molar-refractivity contribution < 1.29 is 9.53 Å². The Kier molecular flexibility index (Phi) is 2.96. The van der Waals surface area contributed by atoms with Gasteiger partial charge in [0.15, 0.2) is 0 Å². The Labute approximate surface area is 93.4 Å². The molecule has 0 fully saturated rings. The maximum atomic E-state index is 11.7. The van der Waals surface area contributed by atoms with Crippen molar-refractivity contribution in [2.24, 2.45) is 0 Å². The van der Waals surface area contributed by atoms with Crippen LogP contribution < -0.4 is 0 Å². The molecule has 0 N–H and O–H groups in total. The fraction of sp³-hybridized carbons (Fsp3) is 0.0769. The third kappa shape index (κ3) is 1.93. The minimum atomic E-state index is -0.349. The fourth-order valence-corrected chi connectivity index (χ4v) is 1.49. The highest BCUT2D eigenvalue weighted by Gasteiger charge is 2.10. The van der Waals surface area contributed by atoms with Crippen LogP contribution in [0.1, 0.15) is 10.4 Å². The van der Waals surface area contributed by atoms with Crippen LogP contribution in [0, 0.1) is 0 Å². The summed E-state index contributed by atoms with van der Waals surface area (Å²) >= 11 is 0. The maximum Gasteiger partial charge on any atom is 0.339 e. The molecule has 80 valence electrons. The van der Waals surface area contributed by atoms with Gasteiger partial charge in [0, 0.05) is 11.6 Å². The van der Waals surface area contributed by atoms with Gasteiger partial charge < -0.3 is 4.74 Å². The molecule has 0 bridgehead atoms. The number of hydrogen-bond acceptors (Lipinski definition) is 3. The third-order valence-electron chi connectivity index (χ3n) is 2.20. The average molecular weight is 213 g/mol. The van der Waals surface area contributed by atoms with E-state index in [1.165, 1.54) is 0 Å². The first kappa shape index (κ1) is 10.4. The average Bonchev–Trinajstić information content (AvgIpc) is 2.35. The van der Waals surface area contributed by atoms with Gasteiger partial charge >= 0.3 is 5.97 Å². The molecule has 0 aliphatic heterocycles. The van der Waals surface area contributed by atoms with Gasteiger partial charge in [-0.1, -0.05) is 24.8 Å². The molecule has 0 saturated carbocycles. The number of esters is 1. The topological polar surface area (TPSA) is 39.2 Å². The number of carbonyl (C=O) groups is 1. The van der Waals surface area contributed by atoms with E-state index >= 15 is 0 Å². The van der Waals surface area contributed by atoms with E-state index in [4.69, 9.17) is 4.74 Å². The van der Waals surface area contributed by atoms with Crippen molar-refractivity contribution in [2.45, 2.75) is 0 Å². The van der Waals surface area contributed by atoms with Crippen molar-refractivity contribution in [3.8, 4) is 0 Å². The molecule has 0 unspecified atom stereocenters. The van der Waals surface area contributed by atoms with Gasteiger partial charge in [0.1, 0.15) is 6.61 Å². The summed E-state index contributed by atoms with van der Waals surface area (Å²) in [6.45, 7) is 3.72. The minimum absolute atomic E-state index is 0.218. The largest absolute Gasteiger partial charge is 0.458 e. The van der Waals surface area contributed by atoms with Crippen molar-refractivity contribution >= 4 is 16.9 Å². The van der Waals surface area contributed by atoms with Crippen LogP contribution >= 0.6 is 0 Å². The number of rotatable bonds is 3. The highest BCUT2D eigenvalue weighted by Crippen LogP contribution is 2.17. The van der Waals surface area contributed by atoms with Crippen LogP contribution in [0.4, 0.5) is 0 Å². The lowest BCUT2D eigenvalue weighted by Crippen LogP contribution is -2.05. The zero-order valence-electron chi connectivity index (χ0n) is 8.72. The number of pyridine rings is 1. The summed E-state index contributed by atoms with van der Waals surface area (Å²) in [6.07, 6.45) is 3.24. The van der Waals surface area contributed by atoms with Gasteiger partial charge in [0.2, 0.25) is 0 Å². The Morgan fingerprint density at radius 2 is 2.25 bits per heavy atom.